The quantitative estimate of drug-likeness (QED) is 0.929. The first-order valence-corrected chi connectivity index (χ1v) is 6.55. The van der Waals surface area contributed by atoms with E-state index in [1.807, 2.05) is 0 Å². The molecule has 0 saturated carbocycles. The van der Waals surface area contributed by atoms with Crippen LogP contribution in [0.1, 0.15) is 11.7 Å². The molecule has 1 N–H and O–H groups in total. The van der Waals surface area contributed by atoms with Gasteiger partial charge < -0.3 is 14.2 Å². The third-order valence-corrected chi connectivity index (χ3v) is 3.11. The monoisotopic (exact) mass is 321 g/mol. The van der Waals surface area contributed by atoms with Gasteiger partial charge in [-0.05, 0) is 17.7 Å². The zero-order valence-corrected chi connectivity index (χ0v) is 11.4. The third kappa shape index (κ3) is 2.73. The highest BCUT2D eigenvalue weighted by Gasteiger charge is 2.43. The lowest BCUT2D eigenvalue weighted by Crippen LogP contribution is -2.25. The van der Waals surface area contributed by atoms with Crippen molar-refractivity contribution in [2.75, 3.05) is 0 Å². The topological polar surface area (TPSA) is 74.7 Å². The molecular weight excluding hydrogens is 312 g/mol. The summed E-state index contributed by atoms with van der Waals surface area (Å²) < 4.78 is 40.3. The maximum Gasteiger partial charge on any atom is 0.586 e. The van der Waals surface area contributed by atoms with Gasteiger partial charge in [0.25, 0.3) is 0 Å². The number of rotatable bonds is 3. The van der Waals surface area contributed by atoms with Gasteiger partial charge in [-0.2, -0.15) is 0 Å². The second kappa shape index (κ2) is 5.06. The van der Waals surface area contributed by atoms with Gasteiger partial charge in [0.2, 0.25) is 5.88 Å². The Hall–Kier alpha value is -2.94. The van der Waals surface area contributed by atoms with Crippen molar-refractivity contribution in [1.82, 2.24) is 15.4 Å². The van der Waals surface area contributed by atoms with E-state index < -0.39 is 12.4 Å². The smallest absolute Gasteiger partial charge is 0.436 e. The number of hydrogen-bond acceptors (Lipinski definition) is 7. The second-order valence-corrected chi connectivity index (χ2v) is 4.72. The molecule has 1 atom stereocenters. The van der Waals surface area contributed by atoms with Gasteiger partial charge >= 0.3 is 6.29 Å². The molecule has 9 heteroatoms. The Morgan fingerprint density at radius 1 is 1.13 bits per heavy atom. The highest BCUT2D eigenvalue weighted by Crippen LogP contribution is 2.42. The minimum absolute atomic E-state index is 0.0217. The Balaban J connectivity index is 1.52. The van der Waals surface area contributed by atoms with Gasteiger partial charge in [0.15, 0.2) is 17.2 Å². The van der Waals surface area contributed by atoms with E-state index in [4.69, 9.17) is 9.57 Å². The van der Waals surface area contributed by atoms with Crippen molar-refractivity contribution >= 4 is 0 Å². The van der Waals surface area contributed by atoms with Gasteiger partial charge in [-0.1, -0.05) is 6.07 Å². The van der Waals surface area contributed by atoms with E-state index in [0.29, 0.717) is 17.2 Å². The number of aromatic nitrogens is 2. The molecule has 0 unspecified atom stereocenters. The first kappa shape index (κ1) is 13.7. The normalized spacial score (nSPS) is 20.8. The second-order valence-electron chi connectivity index (χ2n) is 4.72. The fraction of sp³-hybridized carbons (Fsp3) is 0.143. The number of alkyl halides is 2. The fourth-order valence-electron chi connectivity index (χ4n) is 2.15. The molecule has 2 aliphatic heterocycles. The Morgan fingerprint density at radius 2 is 1.91 bits per heavy atom. The van der Waals surface area contributed by atoms with Gasteiger partial charge in [0.05, 0.1) is 12.4 Å². The van der Waals surface area contributed by atoms with Crippen LogP contribution in [0, 0.1) is 0 Å². The average molecular weight is 321 g/mol. The molecule has 4 rings (SSSR count). The largest absolute Gasteiger partial charge is 0.586 e. The number of fused-ring (bicyclic) bond motifs is 1. The van der Waals surface area contributed by atoms with Crippen molar-refractivity contribution in [2.45, 2.75) is 12.4 Å². The zero-order valence-electron chi connectivity index (χ0n) is 11.4. The molecule has 3 heterocycles. The number of halogens is 2. The molecule has 0 bridgehead atoms. The van der Waals surface area contributed by atoms with Crippen LogP contribution in [0.25, 0.3) is 0 Å². The summed E-state index contributed by atoms with van der Waals surface area (Å²) in [6.07, 6.45) is 1.83. The summed E-state index contributed by atoms with van der Waals surface area (Å²) in [7, 11) is 0. The minimum atomic E-state index is -3.65. The van der Waals surface area contributed by atoms with Crippen molar-refractivity contribution < 1.29 is 27.8 Å². The van der Waals surface area contributed by atoms with Crippen molar-refractivity contribution in [3.8, 4) is 17.2 Å². The molecular formula is C14H9F2N3O4. The van der Waals surface area contributed by atoms with Crippen LogP contribution in [-0.2, 0) is 4.84 Å². The van der Waals surface area contributed by atoms with Crippen molar-refractivity contribution in [3.63, 3.8) is 0 Å². The van der Waals surface area contributed by atoms with Gasteiger partial charge in [-0.3, -0.25) is 4.84 Å². The fourth-order valence-corrected chi connectivity index (χ4v) is 2.15. The highest BCUT2D eigenvalue weighted by molar-refractivity contribution is 5.46. The van der Waals surface area contributed by atoms with Gasteiger partial charge in [0.1, 0.15) is 12.4 Å². The molecule has 2 aromatic rings. The van der Waals surface area contributed by atoms with E-state index >= 15 is 0 Å². The van der Waals surface area contributed by atoms with Crippen LogP contribution < -0.4 is 19.7 Å². The summed E-state index contributed by atoms with van der Waals surface area (Å²) in [6.45, 7) is 0. The van der Waals surface area contributed by atoms with Crippen LogP contribution in [0.5, 0.6) is 17.2 Å². The summed E-state index contributed by atoms with van der Waals surface area (Å²) in [6, 6.07) is 4.42. The SMILES string of the molecule is FC1(F)Oc2ccc([C@@H]3C=C(Oc4cncnc4)NO3)cc2O1. The van der Waals surface area contributed by atoms with E-state index in [-0.39, 0.29) is 11.5 Å². The van der Waals surface area contributed by atoms with E-state index in [0.717, 1.165) is 0 Å². The molecule has 0 fully saturated rings. The molecule has 118 valence electrons. The molecule has 1 aromatic heterocycles. The van der Waals surface area contributed by atoms with Crippen LogP contribution in [-0.4, -0.2) is 16.3 Å². The van der Waals surface area contributed by atoms with Gasteiger partial charge in [-0.15, -0.1) is 8.78 Å². The predicted molar refractivity (Wildman–Crippen MR) is 70.3 cm³/mol. The molecule has 0 saturated heterocycles. The molecule has 23 heavy (non-hydrogen) atoms. The summed E-state index contributed by atoms with van der Waals surface area (Å²) >= 11 is 0. The van der Waals surface area contributed by atoms with Crippen LogP contribution in [0.15, 0.2) is 48.9 Å². The van der Waals surface area contributed by atoms with Crippen molar-refractivity contribution in [2.24, 2.45) is 0 Å². The molecule has 0 spiro atoms. The lowest BCUT2D eigenvalue weighted by molar-refractivity contribution is -0.286. The van der Waals surface area contributed by atoms with Crippen molar-refractivity contribution in [1.29, 1.82) is 0 Å². The van der Waals surface area contributed by atoms with Crippen LogP contribution in [0.2, 0.25) is 0 Å². The standard InChI is InChI=1S/C14H9F2N3O4/c15-14(16)21-10-2-1-8(3-12(10)22-14)11-4-13(19-23-11)20-9-5-17-7-18-6-9/h1-7,11,19H/t11-/m0/s1. The van der Waals surface area contributed by atoms with E-state index in [1.165, 1.54) is 30.9 Å². The van der Waals surface area contributed by atoms with E-state index in [2.05, 4.69) is 24.9 Å². The lowest BCUT2D eigenvalue weighted by atomic mass is 10.1. The number of hydrogen-bond donors (Lipinski definition) is 1. The minimum Gasteiger partial charge on any atom is -0.436 e. The molecule has 1 aromatic carbocycles. The summed E-state index contributed by atoms with van der Waals surface area (Å²) in [5.41, 5.74) is 3.20. The molecule has 0 radical (unpaired) electrons. The van der Waals surface area contributed by atoms with Gasteiger partial charge in [-0.25, -0.2) is 15.4 Å². The van der Waals surface area contributed by atoms with Gasteiger partial charge in [0, 0.05) is 6.08 Å². The van der Waals surface area contributed by atoms with Crippen LogP contribution >= 0.6 is 0 Å². The first-order valence-electron chi connectivity index (χ1n) is 6.55. The zero-order chi connectivity index (χ0) is 15.9. The molecule has 0 aliphatic carbocycles. The van der Waals surface area contributed by atoms with Crippen LogP contribution in [0.4, 0.5) is 8.78 Å². The number of hydroxylamine groups is 1. The summed E-state index contributed by atoms with van der Waals surface area (Å²) in [4.78, 5) is 13.0. The Morgan fingerprint density at radius 3 is 2.74 bits per heavy atom. The Labute approximate surface area is 128 Å². The number of ether oxygens (including phenoxy) is 3. The maximum atomic E-state index is 13.0. The lowest BCUT2D eigenvalue weighted by Gasteiger charge is -2.08. The molecule has 0 amide bonds. The highest BCUT2D eigenvalue weighted by atomic mass is 19.3. The Bertz CT molecular complexity index is 770. The van der Waals surface area contributed by atoms with E-state index in [1.54, 1.807) is 12.1 Å². The molecule has 7 nitrogen and oxygen atoms in total. The van der Waals surface area contributed by atoms with Crippen molar-refractivity contribution in [3.05, 3.63) is 54.4 Å². The predicted octanol–water partition coefficient (Wildman–Crippen LogP) is 2.29. The Kier molecular flexibility index (Phi) is 3.01. The van der Waals surface area contributed by atoms with E-state index in [9.17, 15) is 8.78 Å². The third-order valence-electron chi connectivity index (χ3n) is 3.11. The van der Waals surface area contributed by atoms with Crippen LogP contribution in [0.3, 0.4) is 0 Å². The first-order chi connectivity index (χ1) is 11.1. The summed E-state index contributed by atoms with van der Waals surface area (Å²) in [5, 5.41) is 0. The summed E-state index contributed by atoms with van der Waals surface area (Å²) in [5.74, 6) is 0.704. The number of nitrogens with zero attached hydrogens (tertiary/aromatic N) is 2. The maximum absolute atomic E-state index is 13.0. The number of nitrogens with one attached hydrogen (secondary N) is 1. The molecule has 2 aliphatic rings. The average Bonchev–Trinajstić information content (AvgIpc) is 3.10. The number of benzene rings is 1.